The zero-order valence-electron chi connectivity index (χ0n) is 16.3. The lowest BCUT2D eigenvalue weighted by molar-refractivity contribution is 0.0326. The molecule has 1 atom stereocenters. The Morgan fingerprint density at radius 3 is 2.82 bits per heavy atom. The van der Waals surface area contributed by atoms with Gasteiger partial charge >= 0.3 is 6.03 Å². The van der Waals surface area contributed by atoms with E-state index in [9.17, 15) is 9.59 Å². The van der Waals surface area contributed by atoms with Crippen molar-refractivity contribution in [2.75, 3.05) is 39.5 Å². The first kappa shape index (κ1) is 19.0. The Labute approximate surface area is 164 Å². The summed E-state index contributed by atoms with van der Waals surface area (Å²) in [4.78, 5) is 32.3. The third kappa shape index (κ3) is 4.20. The average Bonchev–Trinajstić information content (AvgIpc) is 3.21. The van der Waals surface area contributed by atoms with Crippen molar-refractivity contribution < 1.29 is 14.3 Å². The van der Waals surface area contributed by atoms with Crippen LogP contribution in [0.1, 0.15) is 24.0 Å². The highest BCUT2D eigenvalue weighted by Crippen LogP contribution is 2.18. The fraction of sp³-hybridized carbons (Fsp3) is 0.524. The zero-order valence-corrected chi connectivity index (χ0v) is 16.3. The van der Waals surface area contributed by atoms with E-state index in [-0.39, 0.29) is 24.2 Å². The van der Waals surface area contributed by atoms with E-state index in [1.54, 1.807) is 9.80 Å². The first-order valence-corrected chi connectivity index (χ1v) is 9.96. The number of aromatic nitrogens is 1. The number of carbonyl (C=O) groups excluding carboxylic acids is 1. The van der Waals surface area contributed by atoms with Crippen molar-refractivity contribution >= 4 is 16.9 Å². The van der Waals surface area contributed by atoms with Crippen molar-refractivity contribution in [3.8, 4) is 0 Å². The maximum Gasteiger partial charge on any atom is 0.320 e. The maximum absolute atomic E-state index is 13.1. The number of morpholine rings is 1. The molecule has 2 aliphatic rings. The summed E-state index contributed by atoms with van der Waals surface area (Å²) in [5.41, 5.74) is 2.39. The van der Waals surface area contributed by atoms with Gasteiger partial charge in [0.25, 0.3) is 5.56 Å². The molecule has 28 heavy (non-hydrogen) atoms. The highest BCUT2D eigenvalue weighted by atomic mass is 16.5. The number of carbonyl (C=O) groups is 1. The Balaban J connectivity index is 1.60. The summed E-state index contributed by atoms with van der Waals surface area (Å²) in [6, 6.07) is 7.78. The number of rotatable bonds is 4. The van der Waals surface area contributed by atoms with E-state index in [4.69, 9.17) is 9.47 Å². The number of hydrogen-bond donors (Lipinski definition) is 1. The Morgan fingerprint density at radius 2 is 2.07 bits per heavy atom. The predicted octanol–water partition coefficient (Wildman–Crippen LogP) is 2.27. The van der Waals surface area contributed by atoms with Crippen LogP contribution in [0.4, 0.5) is 4.79 Å². The number of amides is 2. The van der Waals surface area contributed by atoms with Gasteiger partial charge in [-0.1, -0.05) is 11.6 Å². The molecule has 1 aromatic carbocycles. The topological polar surface area (TPSA) is 74.9 Å². The minimum absolute atomic E-state index is 0.0340. The van der Waals surface area contributed by atoms with E-state index < -0.39 is 0 Å². The number of hydrogen-bond acceptors (Lipinski definition) is 4. The van der Waals surface area contributed by atoms with E-state index in [0.29, 0.717) is 38.4 Å². The monoisotopic (exact) mass is 385 g/mol. The van der Waals surface area contributed by atoms with Crippen LogP contribution in [0.25, 0.3) is 10.9 Å². The quantitative estimate of drug-likeness (QED) is 0.876. The second-order valence-electron chi connectivity index (χ2n) is 7.61. The Hall–Kier alpha value is -2.38. The van der Waals surface area contributed by atoms with Crippen LogP contribution < -0.4 is 5.56 Å². The molecular weight excluding hydrogens is 358 g/mol. The van der Waals surface area contributed by atoms with Gasteiger partial charge in [0.2, 0.25) is 0 Å². The van der Waals surface area contributed by atoms with E-state index in [2.05, 4.69) is 4.98 Å². The van der Waals surface area contributed by atoms with Crippen molar-refractivity contribution in [3.63, 3.8) is 0 Å². The fourth-order valence-electron chi connectivity index (χ4n) is 3.89. The zero-order chi connectivity index (χ0) is 19.5. The number of benzene rings is 1. The van der Waals surface area contributed by atoms with E-state index >= 15 is 0 Å². The molecule has 1 unspecified atom stereocenters. The SMILES string of the molecule is Cc1ccc2[nH]c(=O)c(CN(CC3CCCO3)C(=O)N3CCOCC3)cc2c1. The van der Waals surface area contributed by atoms with Crippen molar-refractivity contribution in [2.24, 2.45) is 0 Å². The molecule has 2 aliphatic heterocycles. The summed E-state index contributed by atoms with van der Waals surface area (Å²) >= 11 is 0. The number of aromatic amines is 1. The summed E-state index contributed by atoms with van der Waals surface area (Å²) in [7, 11) is 0. The standard InChI is InChI=1S/C21H27N3O4/c1-15-4-5-19-16(11-15)12-17(20(25)22-19)13-24(14-18-3-2-8-28-18)21(26)23-6-9-27-10-7-23/h4-5,11-12,18H,2-3,6-10,13-14H2,1H3,(H,22,25). The molecule has 0 spiro atoms. The van der Waals surface area contributed by atoms with Crippen molar-refractivity contribution in [3.05, 3.63) is 45.7 Å². The molecule has 2 aromatic rings. The molecule has 2 amide bonds. The van der Waals surface area contributed by atoms with Crippen LogP contribution in [0.15, 0.2) is 29.1 Å². The third-order valence-corrected chi connectivity index (χ3v) is 5.44. The predicted molar refractivity (Wildman–Crippen MR) is 106 cm³/mol. The molecule has 150 valence electrons. The van der Waals surface area contributed by atoms with Gasteiger partial charge in [-0.2, -0.15) is 0 Å². The summed E-state index contributed by atoms with van der Waals surface area (Å²) < 4.78 is 11.1. The van der Waals surface area contributed by atoms with Gasteiger partial charge in [-0.05, 0) is 43.4 Å². The van der Waals surface area contributed by atoms with E-state index in [0.717, 1.165) is 35.9 Å². The van der Waals surface area contributed by atoms with Gasteiger partial charge in [0.05, 0.1) is 25.9 Å². The fourth-order valence-corrected chi connectivity index (χ4v) is 3.89. The van der Waals surface area contributed by atoms with Crippen LogP contribution >= 0.6 is 0 Å². The van der Waals surface area contributed by atoms with Crippen LogP contribution in [0, 0.1) is 6.92 Å². The number of pyridine rings is 1. The van der Waals surface area contributed by atoms with E-state index in [1.165, 1.54) is 0 Å². The molecule has 4 rings (SSSR count). The minimum Gasteiger partial charge on any atom is -0.378 e. The summed E-state index contributed by atoms with van der Waals surface area (Å²) in [6.45, 7) is 5.79. The molecule has 2 saturated heterocycles. The molecule has 0 radical (unpaired) electrons. The maximum atomic E-state index is 13.1. The summed E-state index contributed by atoms with van der Waals surface area (Å²) in [5.74, 6) is 0. The van der Waals surface area contributed by atoms with Gasteiger partial charge in [0.15, 0.2) is 0 Å². The Bertz CT molecular complexity index is 898. The molecule has 7 heteroatoms. The Kier molecular flexibility index (Phi) is 5.64. The van der Waals surface area contributed by atoms with Gasteiger partial charge < -0.3 is 24.3 Å². The van der Waals surface area contributed by atoms with Crippen LogP contribution in [0.5, 0.6) is 0 Å². The van der Waals surface area contributed by atoms with Crippen molar-refractivity contribution in [1.82, 2.24) is 14.8 Å². The first-order chi connectivity index (χ1) is 13.6. The van der Waals surface area contributed by atoms with Gasteiger partial charge in [0.1, 0.15) is 0 Å². The van der Waals surface area contributed by atoms with Gasteiger partial charge in [-0.3, -0.25) is 4.79 Å². The lowest BCUT2D eigenvalue weighted by Crippen LogP contribution is -2.50. The van der Waals surface area contributed by atoms with Crippen molar-refractivity contribution in [2.45, 2.75) is 32.4 Å². The smallest absolute Gasteiger partial charge is 0.320 e. The molecule has 3 heterocycles. The van der Waals surface area contributed by atoms with Gasteiger partial charge in [-0.15, -0.1) is 0 Å². The Morgan fingerprint density at radius 1 is 1.25 bits per heavy atom. The number of ether oxygens (including phenoxy) is 2. The summed E-state index contributed by atoms with van der Waals surface area (Å²) in [5, 5.41) is 0.977. The van der Waals surface area contributed by atoms with Crippen LogP contribution in [-0.2, 0) is 16.0 Å². The number of nitrogens with zero attached hydrogens (tertiary/aromatic N) is 2. The minimum atomic E-state index is -0.150. The largest absolute Gasteiger partial charge is 0.378 e. The van der Waals surface area contributed by atoms with Gasteiger partial charge in [0, 0.05) is 37.3 Å². The lowest BCUT2D eigenvalue weighted by Gasteiger charge is -2.34. The van der Waals surface area contributed by atoms with Gasteiger partial charge in [-0.25, -0.2) is 4.79 Å². The second kappa shape index (κ2) is 8.32. The third-order valence-electron chi connectivity index (χ3n) is 5.44. The first-order valence-electron chi connectivity index (χ1n) is 9.96. The van der Waals surface area contributed by atoms with Crippen LogP contribution in [0.2, 0.25) is 0 Å². The molecule has 1 aromatic heterocycles. The van der Waals surface area contributed by atoms with Crippen molar-refractivity contribution in [1.29, 1.82) is 0 Å². The number of aryl methyl sites for hydroxylation is 1. The molecule has 0 aliphatic carbocycles. The highest BCUT2D eigenvalue weighted by molar-refractivity contribution is 5.80. The normalized spacial score (nSPS) is 19.9. The number of fused-ring (bicyclic) bond motifs is 1. The number of urea groups is 1. The molecule has 0 saturated carbocycles. The highest BCUT2D eigenvalue weighted by Gasteiger charge is 2.27. The molecule has 7 nitrogen and oxygen atoms in total. The van der Waals surface area contributed by atoms with Crippen LogP contribution in [-0.4, -0.2) is 66.4 Å². The second-order valence-corrected chi connectivity index (χ2v) is 7.61. The molecule has 2 fully saturated rings. The van der Waals surface area contributed by atoms with E-state index in [1.807, 2.05) is 31.2 Å². The van der Waals surface area contributed by atoms with Crippen LogP contribution in [0.3, 0.4) is 0 Å². The number of nitrogens with one attached hydrogen (secondary N) is 1. The average molecular weight is 385 g/mol. The summed E-state index contributed by atoms with van der Waals surface area (Å²) in [6.07, 6.45) is 1.99. The number of H-pyrrole nitrogens is 1. The lowest BCUT2D eigenvalue weighted by atomic mass is 10.1. The molecular formula is C21H27N3O4. The molecule has 0 bridgehead atoms. The molecule has 1 N–H and O–H groups in total.